The number of nitrogens with zero attached hydrogens (tertiary/aromatic N) is 6. The van der Waals surface area contributed by atoms with Crippen molar-refractivity contribution < 1.29 is 0 Å². The molecule has 4 aromatic heterocycles. The molecule has 0 N–H and O–H groups in total. The molecule has 2 aliphatic rings. The summed E-state index contributed by atoms with van der Waals surface area (Å²) in [6, 6.07) is 32.0. The summed E-state index contributed by atoms with van der Waals surface area (Å²) in [5.41, 5.74) is 7.40. The van der Waals surface area contributed by atoms with E-state index in [-0.39, 0.29) is 5.37 Å². The largest absolute Gasteiger partial charge is 0.399 e. The van der Waals surface area contributed by atoms with Crippen molar-refractivity contribution in [3.05, 3.63) is 132 Å². The third-order valence-corrected chi connectivity index (χ3v) is 8.21. The first-order valence-electron chi connectivity index (χ1n) is 12.1. The van der Waals surface area contributed by atoms with E-state index >= 15 is 0 Å². The van der Waals surface area contributed by atoms with Gasteiger partial charge in [-0.2, -0.15) is 0 Å². The van der Waals surface area contributed by atoms with E-state index in [0.717, 1.165) is 60.4 Å². The molecule has 2 aliphatic heterocycles. The molecular formula is C30H19N6S2+. The minimum atomic E-state index is -0.00914. The predicted octanol–water partition coefficient (Wildman–Crippen LogP) is 5.80. The average molecular weight is 528 g/mol. The minimum Gasteiger partial charge on any atom is -0.257 e. The lowest BCUT2D eigenvalue weighted by atomic mass is 10.1. The summed E-state index contributed by atoms with van der Waals surface area (Å²) in [5, 5.41) is 2.90. The maximum Gasteiger partial charge on any atom is 0.399 e. The molecule has 7 rings (SSSR count). The fourth-order valence-electron chi connectivity index (χ4n) is 4.15. The van der Waals surface area contributed by atoms with E-state index in [4.69, 9.17) is 19.6 Å². The summed E-state index contributed by atoms with van der Waals surface area (Å²) < 4.78 is 4.79. The third-order valence-electron chi connectivity index (χ3n) is 6.06. The van der Waals surface area contributed by atoms with Gasteiger partial charge in [-0.05, 0) is 60.7 Å². The van der Waals surface area contributed by atoms with Crippen LogP contribution in [0, 0.1) is 0 Å². The molecule has 0 radical (unpaired) electrons. The summed E-state index contributed by atoms with van der Waals surface area (Å²) in [6.45, 7) is 0. The highest BCUT2D eigenvalue weighted by molar-refractivity contribution is 8.28. The number of aliphatic imine (C=N–C) groups is 1. The van der Waals surface area contributed by atoms with Crippen molar-refractivity contribution in [2.45, 2.75) is 5.37 Å². The van der Waals surface area contributed by atoms with E-state index < -0.39 is 0 Å². The van der Waals surface area contributed by atoms with Crippen LogP contribution in [-0.4, -0.2) is 35.1 Å². The summed E-state index contributed by atoms with van der Waals surface area (Å²) in [7, 11) is 0. The molecule has 5 aromatic rings. The fourth-order valence-corrected chi connectivity index (χ4v) is 5.83. The second kappa shape index (κ2) is 9.84. The van der Waals surface area contributed by atoms with Crippen LogP contribution >= 0.6 is 23.5 Å². The highest BCUT2D eigenvalue weighted by Crippen LogP contribution is 2.42. The molecule has 0 spiro atoms. The van der Waals surface area contributed by atoms with Gasteiger partial charge in [0.05, 0.1) is 45.8 Å². The lowest BCUT2D eigenvalue weighted by Gasteiger charge is -2.23. The normalized spacial score (nSPS) is 16.0. The Hall–Kier alpha value is -4.36. The standard InChI is InChI=1S/C30H19N6S2/c1-3-16-31-21(10-1)23-12-6-14-25(33-23)29-35-27(37-29)19-8-5-9-20(18-19)28-36-30(38-28)26-15-7-13-24(34-26)22-11-2-4-17-32-22/h1-18,29H/q+1. The second-order valence-electron chi connectivity index (χ2n) is 8.60. The summed E-state index contributed by atoms with van der Waals surface area (Å²) in [5.74, 6) is 0. The van der Waals surface area contributed by atoms with Gasteiger partial charge in [0.25, 0.3) is 0 Å². The summed E-state index contributed by atoms with van der Waals surface area (Å²) in [4.78, 5) is 23.2. The van der Waals surface area contributed by atoms with Crippen molar-refractivity contribution >= 4 is 38.7 Å². The van der Waals surface area contributed by atoms with Gasteiger partial charge in [0.1, 0.15) is 10.4 Å². The minimum absolute atomic E-state index is 0.00914. The maximum atomic E-state index is 4.87. The van der Waals surface area contributed by atoms with Gasteiger partial charge in [-0.3, -0.25) is 15.0 Å². The van der Waals surface area contributed by atoms with Gasteiger partial charge in [0.15, 0.2) is 5.69 Å². The van der Waals surface area contributed by atoms with Crippen LogP contribution in [-0.2, 0) is 0 Å². The maximum absolute atomic E-state index is 4.87. The van der Waals surface area contributed by atoms with Crippen molar-refractivity contribution in [1.82, 2.24) is 24.6 Å². The van der Waals surface area contributed by atoms with Crippen LogP contribution in [0.15, 0.2) is 114 Å². The van der Waals surface area contributed by atoms with E-state index in [1.54, 1.807) is 35.9 Å². The molecule has 6 nitrogen and oxygen atoms in total. The number of hydrogen-bond acceptors (Lipinski definition) is 7. The van der Waals surface area contributed by atoms with E-state index in [2.05, 4.69) is 34.2 Å². The highest BCUT2D eigenvalue weighted by Gasteiger charge is 2.36. The van der Waals surface area contributed by atoms with Crippen LogP contribution in [0.3, 0.4) is 0 Å². The van der Waals surface area contributed by atoms with Crippen molar-refractivity contribution in [1.29, 1.82) is 0 Å². The number of aromatic nitrogens is 4. The number of benzene rings is 1. The predicted molar refractivity (Wildman–Crippen MR) is 156 cm³/mol. The van der Waals surface area contributed by atoms with Gasteiger partial charge in [0, 0.05) is 18.0 Å². The quantitative estimate of drug-likeness (QED) is 0.260. The zero-order chi connectivity index (χ0) is 25.3. The Morgan fingerprint density at radius 1 is 0.579 bits per heavy atom. The molecule has 38 heavy (non-hydrogen) atoms. The first-order valence-corrected chi connectivity index (χ1v) is 13.8. The topological polar surface area (TPSA) is 78.0 Å². The molecule has 180 valence electrons. The molecule has 1 unspecified atom stereocenters. The van der Waals surface area contributed by atoms with Crippen LogP contribution in [0.4, 0.5) is 0 Å². The van der Waals surface area contributed by atoms with Crippen molar-refractivity contribution in [3.63, 3.8) is 0 Å². The van der Waals surface area contributed by atoms with E-state index in [1.807, 2.05) is 72.8 Å². The Balaban J connectivity index is 1.10. The molecule has 1 atom stereocenters. The summed E-state index contributed by atoms with van der Waals surface area (Å²) in [6.07, 6.45) is 3.56. The molecule has 1 aromatic carbocycles. The average Bonchev–Trinajstić information content (AvgIpc) is 2.93. The van der Waals surface area contributed by atoms with E-state index in [0.29, 0.717) is 0 Å². The van der Waals surface area contributed by atoms with Crippen LogP contribution in [0.5, 0.6) is 0 Å². The molecular weight excluding hydrogens is 509 g/mol. The first kappa shape index (κ1) is 22.8. The Kier molecular flexibility index (Phi) is 5.90. The van der Waals surface area contributed by atoms with Crippen LogP contribution in [0.1, 0.15) is 27.9 Å². The molecule has 0 fully saturated rings. The van der Waals surface area contributed by atoms with E-state index in [9.17, 15) is 0 Å². The molecule has 6 heterocycles. The zero-order valence-electron chi connectivity index (χ0n) is 20.0. The zero-order valence-corrected chi connectivity index (χ0v) is 21.6. The fraction of sp³-hybridized carbons (Fsp3) is 0.0333. The van der Waals surface area contributed by atoms with E-state index in [1.165, 1.54) is 0 Å². The first-order chi connectivity index (χ1) is 18.8. The number of pyridine rings is 4. The monoisotopic (exact) mass is 527 g/mol. The van der Waals surface area contributed by atoms with Crippen molar-refractivity contribution in [2.75, 3.05) is 0 Å². The lowest BCUT2D eigenvalue weighted by Crippen LogP contribution is -2.20. The Morgan fingerprint density at radius 3 is 1.89 bits per heavy atom. The van der Waals surface area contributed by atoms with Gasteiger partial charge in [-0.1, -0.05) is 52.8 Å². The Bertz CT molecular complexity index is 1760. The Morgan fingerprint density at radius 2 is 1.18 bits per heavy atom. The number of hydrogen-bond donors (Lipinski definition) is 0. The smallest absolute Gasteiger partial charge is 0.257 e. The van der Waals surface area contributed by atoms with Gasteiger partial charge in [0.2, 0.25) is 0 Å². The van der Waals surface area contributed by atoms with Crippen LogP contribution < -0.4 is 4.67 Å². The Labute approximate surface area is 227 Å². The van der Waals surface area contributed by atoms with Crippen molar-refractivity contribution in [3.8, 4) is 22.8 Å². The van der Waals surface area contributed by atoms with Gasteiger partial charge >= 0.3 is 10.1 Å². The molecule has 0 aliphatic carbocycles. The third kappa shape index (κ3) is 4.46. The number of thioether (sulfide) groups is 2. The van der Waals surface area contributed by atoms with Gasteiger partial charge < -0.3 is 0 Å². The molecule has 0 saturated carbocycles. The lowest BCUT2D eigenvalue weighted by molar-refractivity contribution is 0.954. The molecule has 0 saturated heterocycles. The van der Waals surface area contributed by atoms with Crippen molar-refractivity contribution in [2.24, 2.45) is 4.99 Å². The van der Waals surface area contributed by atoms with Crippen LogP contribution in [0.25, 0.3) is 22.8 Å². The second-order valence-corrected chi connectivity index (χ2v) is 10.6. The van der Waals surface area contributed by atoms with Gasteiger partial charge in [-0.15, -0.1) is 0 Å². The molecule has 0 amide bonds. The van der Waals surface area contributed by atoms with Crippen LogP contribution in [0.2, 0.25) is 0 Å². The summed E-state index contributed by atoms with van der Waals surface area (Å²) >= 11 is 3.37. The SMILES string of the molecule is c1ccc(-c2cccc(C3=[N+]=C(c4cccc(C5=NC(c6cccc(-c7ccccn7)n6)S5)c4)S3)n2)nc1. The highest BCUT2D eigenvalue weighted by atomic mass is 32.2. The number of rotatable bonds is 6. The molecule has 0 bridgehead atoms. The van der Waals surface area contributed by atoms with Gasteiger partial charge in [-0.25, -0.2) is 9.97 Å². The molecule has 8 heteroatoms.